The molecule has 1 heterocycles. The van der Waals surface area contributed by atoms with Crippen LogP contribution in [0.2, 0.25) is 0 Å². The molecule has 0 unspecified atom stereocenters. The highest BCUT2D eigenvalue weighted by Gasteiger charge is 2.34. The third kappa shape index (κ3) is 4.88. The van der Waals surface area contributed by atoms with Crippen molar-refractivity contribution in [1.82, 2.24) is 9.71 Å². The fraction of sp³-hybridized carbons (Fsp3) is 0.130. The summed E-state index contributed by atoms with van der Waals surface area (Å²) in [6.45, 7) is 0. The van der Waals surface area contributed by atoms with E-state index in [0.29, 0.717) is 11.3 Å². The lowest BCUT2D eigenvalue weighted by Gasteiger charge is -2.19. The van der Waals surface area contributed by atoms with Gasteiger partial charge in [-0.15, -0.1) is 11.3 Å². The van der Waals surface area contributed by atoms with Crippen LogP contribution in [0.1, 0.15) is 11.1 Å². The van der Waals surface area contributed by atoms with Gasteiger partial charge in [0.25, 0.3) is 0 Å². The number of fused-ring (bicyclic) bond motifs is 1. The highest BCUT2D eigenvalue weighted by Crippen LogP contribution is 2.29. The average molecular weight is 485 g/mol. The first-order valence-corrected chi connectivity index (χ1v) is 12.1. The summed E-state index contributed by atoms with van der Waals surface area (Å²) in [7, 11) is -2.66. The monoisotopic (exact) mass is 484 g/mol. The molecule has 3 N–H and O–H groups in total. The maximum absolute atomic E-state index is 12.9. The molecule has 0 saturated heterocycles. The van der Waals surface area contributed by atoms with Crippen LogP contribution in [-0.2, 0) is 14.8 Å². The molecule has 4 aromatic rings. The van der Waals surface area contributed by atoms with Gasteiger partial charge in [-0.1, -0.05) is 36.4 Å². The molecule has 3 aromatic carbocycles. The van der Waals surface area contributed by atoms with Gasteiger partial charge in [-0.05, 0) is 47.5 Å². The molecule has 0 spiro atoms. The van der Waals surface area contributed by atoms with E-state index in [1.54, 1.807) is 55.6 Å². The number of para-hydroxylation sites is 1. The number of aromatic nitrogens is 1. The number of methoxy groups -OCH3 is 1. The summed E-state index contributed by atoms with van der Waals surface area (Å²) >= 11 is 1.11. The Balaban J connectivity index is 1.56. The van der Waals surface area contributed by atoms with Crippen LogP contribution >= 0.6 is 11.3 Å². The molecule has 33 heavy (non-hydrogen) atoms. The summed E-state index contributed by atoms with van der Waals surface area (Å²) in [5.74, 6) is -0.811. The van der Waals surface area contributed by atoms with E-state index >= 15 is 0 Å². The Bertz CT molecular complexity index is 1350. The number of hydrogen-bond donors (Lipinski definition) is 3. The number of hydrogen-bond acceptors (Lipinski definition) is 7. The highest BCUT2D eigenvalue weighted by molar-refractivity contribution is 7.89. The van der Waals surface area contributed by atoms with Crippen LogP contribution in [0.25, 0.3) is 21.3 Å². The largest absolute Gasteiger partial charge is 0.497 e. The van der Waals surface area contributed by atoms with Gasteiger partial charge in [-0.3, -0.25) is 4.79 Å². The normalized spacial score (nSPS) is 13.5. The second kappa shape index (κ2) is 9.28. The molecule has 0 amide bonds. The molecule has 2 atom stereocenters. The number of carboxylic acid groups (broad SMARTS) is 1. The number of aliphatic carboxylic acids is 1. The number of aliphatic hydroxyl groups excluding tert-OH is 1. The lowest BCUT2D eigenvalue weighted by atomic mass is 10.1. The van der Waals surface area contributed by atoms with Crippen molar-refractivity contribution < 1.29 is 28.2 Å². The smallest absolute Gasteiger partial charge is 0.324 e. The van der Waals surface area contributed by atoms with Crippen LogP contribution in [0, 0.1) is 0 Å². The van der Waals surface area contributed by atoms with Gasteiger partial charge in [-0.25, -0.2) is 13.4 Å². The van der Waals surface area contributed by atoms with E-state index in [0.717, 1.165) is 27.2 Å². The fourth-order valence-corrected chi connectivity index (χ4v) is 5.44. The van der Waals surface area contributed by atoms with Crippen molar-refractivity contribution in [3.63, 3.8) is 0 Å². The summed E-state index contributed by atoms with van der Waals surface area (Å²) in [5.41, 5.74) is 2.24. The minimum absolute atomic E-state index is 0.112. The van der Waals surface area contributed by atoms with Crippen LogP contribution < -0.4 is 9.46 Å². The molecule has 0 saturated carbocycles. The predicted molar refractivity (Wildman–Crippen MR) is 125 cm³/mol. The number of ether oxygens (including phenoxy) is 1. The maximum Gasteiger partial charge on any atom is 0.324 e. The molecule has 10 heteroatoms. The molecule has 0 aliphatic heterocycles. The molecule has 0 bridgehead atoms. The van der Waals surface area contributed by atoms with Gasteiger partial charge in [0.05, 0.1) is 22.2 Å². The quantitative estimate of drug-likeness (QED) is 0.350. The van der Waals surface area contributed by atoms with Crippen LogP contribution in [0.3, 0.4) is 0 Å². The van der Waals surface area contributed by atoms with Crippen LogP contribution in [-0.4, -0.2) is 42.7 Å². The SMILES string of the molecule is COc1ccc(-c2ccc(S(=O)(=O)N[C@@H](C(=O)O)[C@H](O)c3nc4ccccc4s3)cc2)cc1. The van der Waals surface area contributed by atoms with Crippen molar-refractivity contribution in [2.45, 2.75) is 17.0 Å². The van der Waals surface area contributed by atoms with E-state index < -0.39 is 28.1 Å². The van der Waals surface area contributed by atoms with Gasteiger partial charge < -0.3 is 14.9 Å². The number of carbonyl (C=O) groups is 1. The van der Waals surface area contributed by atoms with Crippen LogP contribution in [0.15, 0.2) is 77.7 Å². The number of carboxylic acids is 1. The number of aliphatic hydroxyl groups is 1. The molecule has 0 aliphatic carbocycles. The Morgan fingerprint density at radius 3 is 2.18 bits per heavy atom. The van der Waals surface area contributed by atoms with Crippen molar-refractivity contribution >= 4 is 37.5 Å². The second-order valence-electron chi connectivity index (χ2n) is 7.15. The number of nitrogens with zero attached hydrogens (tertiary/aromatic N) is 1. The number of nitrogens with one attached hydrogen (secondary N) is 1. The Hall–Kier alpha value is -3.31. The zero-order valence-electron chi connectivity index (χ0n) is 17.4. The molecule has 170 valence electrons. The van der Waals surface area contributed by atoms with Gasteiger partial charge in [0.2, 0.25) is 10.0 Å². The molecule has 0 fully saturated rings. The highest BCUT2D eigenvalue weighted by atomic mass is 32.2. The van der Waals surface area contributed by atoms with Gasteiger partial charge in [0.15, 0.2) is 6.04 Å². The van der Waals surface area contributed by atoms with Crippen molar-refractivity contribution in [2.75, 3.05) is 7.11 Å². The second-order valence-corrected chi connectivity index (χ2v) is 9.93. The van der Waals surface area contributed by atoms with Crippen LogP contribution in [0.5, 0.6) is 5.75 Å². The predicted octanol–water partition coefficient (Wildman–Crippen LogP) is 3.44. The first-order valence-electron chi connectivity index (χ1n) is 9.81. The summed E-state index contributed by atoms with van der Waals surface area (Å²) < 4.78 is 33.7. The Kier molecular flexibility index (Phi) is 6.43. The van der Waals surface area contributed by atoms with Crippen molar-refractivity contribution in [1.29, 1.82) is 0 Å². The standard InChI is InChI=1S/C23H20N2O6S2/c1-31-16-10-6-14(7-11-16)15-8-12-17(13-9-15)33(29,30)25-20(23(27)28)21(26)22-24-18-4-2-3-5-19(18)32-22/h2-13,20-21,25-26H,1H3,(H,27,28)/t20-,21+/m1/s1. The Morgan fingerprint density at radius 2 is 1.61 bits per heavy atom. The van der Waals surface area contributed by atoms with E-state index in [1.165, 1.54) is 12.1 Å². The van der Waals surface area contributed by atoms with Crippen LogP contribution in [0.4, 0.5) is 0 Å². The van der Waals surface area contributed by atoms with E-state index in [2.05, 4.69) is 9.71 Å². The van der Waals surface area contributed by atoms with Crippen molar-refractivity contribution in [2.24, 2.45) is 0 Å². The zero-order chi connectivity index (χ0) is 23.6. The third-order valence-electron chi connectivity index (χ3n) is 5.02. The number of rotatable bonds is 8. The average Bonchev–Trinajstić information content (AvgIpc) is 3.26. The lowest BCUT2D eigenvalue weighted by Crippen LogP contribution is -2.44. The number of sulfonamides is 1. The minimum atomic E-state index is -4.23. The maximum atomic E-state index is 12.9. The molecular weight excluding hydrogens is 464 g/mol. The first-order chi connectivity index (χ1) is 15.8. The Morgan fingerprint density at radius 1 is 1.00 bits per heavy atom. The fourth-order valence-electron chi connectivity index (χ4n) is 3.25. The van der Waals surface area contributed by atoms with E-state index in [-0.39, 0.29) is 9.90 Å². The molecule has 0 aliphatic rings. The lowest BCUT2D eigenvalue weighted by molar-refractivity contribution is -0.141. The Labute approximate surface area is 194 Å². The van der Waals surface area contributed by atoms with Gasteiger partial charge in [-0.2, -0.15) is 4.72 Å². The van der Waals surface area contributed by atoms with E-state index in [1.807, 2.05) is 12.1 Å². The molecule has 0 radical (unpaired) electrons. The molecule has 1 aromatic heterocycles. The summed E-state index contributed by atoms with van der Waals surface area (Å²) in [6, 6.07) is 18.5. The summed E-state index contributed by atoms with van der Waals surface area (Å²) in [4.78, 5) is 15.9. The molecule has 4 rings (SSSR count). The van der Waals surface area contributed by atoms with Gasteiger partial charge >= 0.3 is 5.97 Å². The summed E-state index contributed by atoms with van der Waals surface area (Å²) in [5, 5.41) is 20.3. The van der Waals surface area contributed by atoms with Gasteiger partial charge in [0, 0.05) is 0 Å². The third-order valence-corrected chi connectivity index (χ3v) is 7.58. The first kappa shape index (κ1) is 22.9. The summed E-state index contributed by atoms with van der Waals surface area (Å²) in [6.07, 6.45) is -1.66. The number of thiazole rings is 1. The zero-order valence-corrected chi connectivity index (χ0v) is 19.0. The molecular formula is C23H20N2O6S2. The number of benzene rings is 3. The van der Waals surface area contributed by atoms with Crippen molar-refractivity contribution in [3.05, 3.63) is 77.8 Å². The molecule has 8 nitrogen and oxygen atoms in total. The van der Waals surface area contributed by atoms with Gasteiger partial charge in [0.1, 0.15) is 16.9 Å². The van der Waals surface area contributed by atoms with E-state index in [4.69, 9.17) is 4.74 Å². The van der Waals surface area contributed by atoms with E-state index in [9.17, 15) is 23.4 Å². The topological polar surface area (TPSA) is 126 Å². The minimum Gasteiger partial charge on any atom is -0.497 e. The van der Waals surface area contributed by atoms with Crippen molar-refractivity contribution in [3.8, 4) is 16.9 Å².